The third-order valence-corrected chi connectivity index (χ3v) is 6.78. The molecule has 5 rings (SSSR count). The van der Waals surface area contributed by atoms with Crippen molar-refractivity contribution >= 4 is 45.6 Å². The van der Waals surface area contributed by atoms with Crippen molar-refractivity contribution in [1.29, 1.82) is 0 Å². The van der Waals surface area contributed by atoms with Crippen molar-refractivity contribution in [2.75, 3.05) is 7.11 Å². The number of ether oxygens (including phenoxy) is 1. The summed E-state index contributed by atoms with van der Waals surface area (Å²) in [6.45, 7) is 0. The maximum atomic E-state index is 12.9. The molecule has 0 amide bonds. The summed E-state index contributed by atoms with van der Waals surface area (Å²) in [5.74, 6) is 1.75. The van der Waals surface area contributed by atoms with Crippen LogP contribution in [-0.4, -0.2) is 21.7 Å². The van der Waals surface area contributed by atoms with Crippen molar-refractivity contribution in [2.45, 2.75) is 6.42 Å². The van der Waals surface area contributed by atoms with Crippen LogP contribution in [0.1, 0.15) is 17.0 Å². The highest BCUT2D eigenvalue weighted by Crippen LogP contribution is 2.29. The van der Waals surface area contributed by atoms with Gasteiger partial charge in [0.25, 0.3) is 11.1 Å². The highest BCUT2D eigenvalue weighted by atomic mass is 35.5. The molecule has 0 aliphatic heterocycles. The molecule has 3 aromatic heterocycles. The molecule has 170 valence electrons. The van der Waals surface area contributed by atoms with Gasteiger partial charge in [0, 0.05) is 18.1 Å². The number of aromatic nitrogens is 3. The largest absolute Gasteiger partial charge is 0.497 e. The molecular weight excluding hydrogens is 497 g/mol. The van der Waals surface area contributed by atoms with E-state index in [9.17, 15) is 9.59 Å². The zero-order valence-corrected chi connectivity index (χ0v) is 19.9. The van der Waals surface area contributed by atoms with Crippen LogP contribution in [0, 0.1) is 0 Å². The minimum absolute atomic E-state index is 0.184. The highest BCUT2D eigenvalue weighted by Gasteiger charge is 2.13. The summed E-state index contributed by atoms with van der Waals surface area (Å²) in [5, 5.41) is 5.14. The van der Waals surface area contributed by atoms with Crippen LogP contribution >= 0.6 is 34.5 Å². The number of fused-ring (bicyclic) bond motifs is 1. The summed E-state index contributed by atoms with van der Waals surface area (Å²) in [4.78, 5) is 29.7. The first-order valence-electron chi connectivity index (χ1n) is 10.0. The molecule has 10 heteroatoms. The van der Waals surface area contributed by atoms with Gasteiger partial charge < -0.3 is 9.15 Å². The van der Waals surface area contributed by atoms with Crippen LogP contribution in [0.25, 0.3) is 22.4 Å². The van der Waals surface area contributed by atoms with E-state index in [0.717, 1.165) is 27.0 Å². The Morgan fingerprint density at radius 2 is 1.85 bits per heavy atom. The van der Waals surface area contributed by atoms with E-state index in [2.05, 4.69) is 10.1 Å². The summed E-state index contributed by atoms with van der Waals surface area (Å²) in [7, 11) is 1.58. The Morgan fingerprint density at radius 3 is 2.59 bits per heavy atom. The van der Waals surface area contributed by atoms with Crippen LogP contribution in [0.4, 0.5) is 0 Å². The molecule has 2 aromatic carbocycles. The van der Waals surface area contributed by atoms with Gasteiger partial charge in [0.1, 0.15) is 27.5 Å². The van der Waals surface area contributed by atoms with E-state index in [0.29, 0.717) is 31.8 Å². The summed E-state index contributed by atoms with van der Waals surface area (Å²) < 4.78 is 12.5. The van der Waals surface area contributed by atoms with Gasteiger partial charge in [-0.15, -0.1) is 0 Å². The Kier molecular flexibility index (Phi) is 5.95. The lowest BCUT2D eigenvalue weighted by Gasteiger charge is -2.02. The van der Waals surface area contributed by atoms with E-state index in [1.54, 1.807) is 55.7 Å². The normalized spacial score (nSPS) is 11.9. The lowest BCUT2D eigenvalue weighted by atomic mass is 10.1. The Morgan fingerprint density at radius 1 is 1.06 bits per heavy atom. The highest BCUT2D eigenvalue weighted by molar-refractivity contribution is 7.15. The first-order valence-corrected chi connectivity index (χ1v) is 11.6. The van der Waals surface area contributed by atoms with Crippen molar-refractivity contribution < 1.29 is 9.15 Å². The molecule has 0 spiro atoms. The third-order valence-electron chi connectivity index (χ3n) is 5.09. The van der Waals surface area contributed by atoms with Gasteiger partial charge >= 0.3 is 0 Å². The number of methoxy groups -OCH3 is 1. The fraction of sp³-hybridized carbons (Fsp3) is 0.0833. The van der Waals surface area contributed by atoms with Gasteiger partial charge in [-0.25, -0.2) is 0 Å². The van der Waals surface area contributed by atoms with Gasteiger partial charge in [-0.05, 0) is 48.0 Å². The molecule has 0 saturated heterocycles. The Balaban J connectivity index is 1.49. The molecule has 0 aliphatic carbocycles. The molecule has 0 unspecified atom stereocenters. The average molecular weight is 512 g/mol. The van der Waals surface area contributed by atoms with Gasteiger partial charge in [0.05, 0.1) is 17.2 Å². The number of thiazole rings is 1. The Labute approximate surface area is 206 Å². The van der Waals surface area contributed by atoms with E-state index in [4.69, 9.17) is 32.4 Å². The van der Waals surface area contributed by atoms with Crippen molar-refractivity contribution in [3.8, 4) is 17.1 Å². The lowest BCUT2D eigenvalue weighted by Crippen LogP contribution is -2.28. The monoisotopic (exact) mass is 511 g/mol. The van der Waals surface area contributed by atoms with Gasteiger partial charge in [-0.1, -0.05) is 46.7 Å². The number of benzene rings is 2. The standard InChI is InChI=1S/C24H15Cl2N3O4S/c1-32-15-5-2-13(3-6-15)10-19-22(30)27-24-29(28-19)23(31)21(34-24)12-16-7-9-20(33-16)14-4-8-17(25)18(26)11-14/h2-9,11-12H,10H2,1H3. The van der Waals surface area contributed by atoms with E-state index in [1.165, 1.54) is 0 Å². The van der Waals surface area contributed by atoms with E-state index < -0.39 is 5.56 Å². The molecule has 0 atom stereocenters. The minimum Gasteiger partial charge on any atom is -0.497 e. The Hall–Kier alpha value is -3.46. The molecule has 0 N–H and O–H groups in total. The zero-order valence-electron chi connectivity index (χ0n) is 17.6. The minimum atomic E-state index is -0.469. The van der Waals surface area contributed by atoms with Crippen LogP contribution in [0.15, 0.2) is 68.6 Å². The maximum Gasteiger partial charge on any atom is 0.296 e. The molecule has 5 aromatic rings. The van der Waals surface area contributed by atoms with Gasteiger partial charge in [0.15, 0.2) is 0 Å². The summed E-state index contributed by atoms with van der Waals surface area (Å²) in [6, 6.07) is 16.0. The fourth-order valence-electron chi connectivity index (χ4n) is 3.35. The SMILES string of the molecule is COc1ccc(Cc2nn3c(=O)c(=Cc4ccc(-c5ccc(Cl)c(Cl)c5)o4)sc3nc2=O)cc1. The van der Waals surface area contributed by atoms with Crippen LogP contribution in [0.3, 0.4) is 0 Å². The van der Waals surface area contributed by atoms with Crippen molar-refractivity contribution in [1.82, 2.24) is 14.6 Å². The van der Waals surface area contributed by atoms with Crippen LogP contribution < -0.4 is 20.4 Å². The van der Waals surface area contributed by atoms with E-state index >= 15 is 0 Å². The second-order valence-electron chi connectivity index (χ2n) is 7.33. The van der Waals surface area contributed by atoms with E-state index in [1.807, 2.05) is 12.1 Å². The summed E-state index contributed by atoms with van der Waals surface area (Å²) in [6.07, 6.45) is 1.84. The predicted molar refractivity (Wildman–Crippen MR) is 132 cm³/mol. The maximum absolute atomic E-state index is 12.9. The van der Waals surface area contributed by atoms with Crippen molar-refractivity contribution in [3.05, 3.63) is 107 Å². The number of rotatable bonds is 5. The fourth-order valence-corrected chi connectivity index (χ4v) is 4.54. The molecule has 0 bridgehead atoms. The number of furan rings is 1. The smallest absolute Gasteiger partial charge is 0.296 e. The Bertz CT molecular complexity index is 1690. The second kappa shape index (κ2) is 9.06. The molecule has 0 radical (unpaired) electrons. The average Bonchev–Trinajstić information content (AvgIpc) is 3.41. The molecule has 0 aliphatic rings. The predicted octanol–water partition coefficient (Wildman–Crippen LogP) is 4.23. The summed E-state index contributed by atoms with van der Waals surface area (Å²) >= 11 is 13.1. The number of hydrogen-bond donors (Lipinski definition) is 0. The van der Waals surface area contributed by atoms with Gasteiger partial charge in [-0.3, -0.25) is 9.59 Å². The first kappa shape index (κ1) is 22.3. The second-order valence-corrected chi connectivity index (χ2v) is 9.15. The topological polar surface area (TPSA) is 86.7 Å². The van der Waals surface area contributed by atoms with Crippen LogP contribution in [0.5, 0.6) is 5.75 Å². The molecule has 34 heavy (non-hydrogen) atoms. The molecular formula is C24H15Cl2N3O4S. The van der Waals surface area contributed by atoms with Crippen LogP contribution in [0.2, 0.25) is 10.0 Å². The molecule has 0 saturated carbocycles. The van der Waals surface area contributed by atoms with Gasteiger partial charge in [-0.2, -0.15) is 14.6 Å². The van der Waals surface area contributed by atoms with E-state index in [-0.39, 0.29) is 22.6 Å². The lowest BCUT2D eigenvalue weighted by molar-refractivity contribution is 0.414. The summed E-state index contributed by atoms with van der Waals surface area (Å²) in [5.41, 5.74) is 0.945. The van der Waals surface area contributed by atoms with Crippen molar-refractivity contribution in [3.63, 3.8) is 0 Å². The first-order chi connectivity index (χ1) is 16.4. The quantitative estimate of drug-likeness (QED) is 0.351. The number of nitrogens with zero attached hydrogens (tertiary/aromatic N) is 3. The van der Waals surface area contributed by atoms with Gasteiger partial charge in [0.2, 0.25) is 4.96 Å². The van der Waals surface area contributed by atoms with Crippen molar-refractivity contribution in [2.24, 2.45) is 0 Å². The molecule has 3 heterocycles. The van der Waals surface area contributed by atoms with Crippen LogP contribution in [-0.2, 0) is 6.42 Å². The number of hydrogen-bond acceptors (Lipinski definition) is 7. The molecule has 7 nitrogen and oxygen atoms in total. The molecule has 0 fully saturated rings. The zero-order chi connectivity index (χ0) is 23.8. The third kappa shape index (κ3) is 4.35. The number of halogens is 2.